The average Bonchev–Trinajstić information content (AvgIpc) is 2.66. The van der Waals surface area contributed by atoms with Crippen molar-refractivity contribution in [2.75, 3.05) is 31.5 Å². The number of nitrogens with zero attached hydrogens (tertiary/aromatic N) is 4. The molecule has 96 valence electrons. The lowest BCUT2D eigenvalue weighted by atomic mass is 10.4. The Balaban J connectivity index is 2.57. The SMILES string of the molecule is CCN(CC)CCNc1c([N+](=O)[O-])ncn1C. The molecule has 7 nitrogen and oxygen atoms in total. The van der Waals surface area contributed by atoms with Gasteiger partial charge in [0, 0.05) is 20.1 Å². The summed E-state index contributed by atoms with van der Waals surface area (Å²) in [4.78, 5) is 16.2. The Labute approximate surface area is 101 Å². The van der Waals surface area contributed by atoms with E-state index in [1.54, 1.807) is 11.6 Å². The van der Waals surface area contributed by atoms with E-state index >= 15 is 0 Å². The lowest BCUT2D eigenvalue weighted by Crippen LogP contribution is -2.29. The molecular weight excluding hydrogens is 222 g/mol. The van der Waals surface area contributed by atoms with E-state index in [1.165, 1.54) is 6.33 Å². The molecule has 0 amide bonds. The van der Waals surface area contributed by atoms with Crippen molar-refractivity contribution in [2.45, 2.75) is 13.8 Å². The maximum Gasteiger partial charge on any atom is 0.406 e. The molecule has 0 saturated heterocycles. The van der Waals surface area contributed by atoms with Crippen LogP contribution in [0, 0.1) is 10.1 Å². The van der Waals surface area contributed by atoms with Gasteiger partial charge < -0.3 is 20.3 Å². The summed E-state index contributed by atoms with van der Waals surface area (Å²) in [6, 6.07) is 0. The molecule has 0 aromatic carbocycles. The lowest BCUT2D eigenvalue weighted by Gasteiger charge is -2.18. The third kappa shape index (κ3) is 3.42. The van der Waals surface area contributed by atoms with Crippen molar-refractivity contribution >= 4 is 11.6 Å². The smallest absolute Gasteiger partial charge is 0.363 e. The molecule has 0 atom stereocenters. The molecule has 0 unspecified atom stereocenters. The van der Waals surface area contributed by atoms with Crippen LogP contribution in [0.3, 0.4) is 0 Å². The number of hydrogen-bond acceptors (Lipinski definition) is 5. The molecule has 17 heavy (non-hydrogen) atoms. The standard InChI is InChI=1S/C10H19N5O2/c1-4-14(5-2)7-6-11-9-10(15(16)17)12-8-13(9)3/h8,11H,4-7H2,1-3H3. The fraction of sp³-hybridized carbons (Fsp3) is 0.700. The third-order valence-electron chi connectivity index (χ3n) is 2.71. The first kappa shape index (κ1) is 13.4. The van der Waals surface area contributed by atoms with Crippen molar-refractivity contribution < 1.29 is 4.92 Å². The maximum atomic E-state index is 10.7. The maximum absolute atomic E-state index is 10.7. The van der Waals surface area contributed by atoms with Crippen LogP contribution < -0.4 is 5.32 Å². The molecule has 1 aromatic heterocycles. The van der Waals surface area contributed by atoms with Gasteiger partial charge in [0.1, 0.15) is 0 Å². The van der Waals surface area contributed by atoms with Crippen molar-refractivity contribution in [2.24, 2.45) is 7.05 Å². The topological polar surface area (TPSA) is 76.2 Å². The first-order valence-corrected chi connectivity index (χ1v) is 5.72. The summed E-state index contributed by atoms with van der Waals surface area (Å²) >= 11 is 0. The first-order chi connectivity index (χ1) is 8.10. The van der Waals surface area contributed by atoms with Gasteiger partial charge in [-0.05, 0) is 23.0 Å². The second kappa shape index (κ2) is 6.19. The highest BCUT2D eigenvalue weighted by Crippen LogP contribution is 2.20. The van der Waals surface area contributed by atoms with Gasteiger partial charge in [-0.1, -0.05) is 13.8 Å². The van der Waals surface area contributed by atoms with Gasteiger partial charge in [0.2, 0.25) is 12.1 Å². The quantitative estimate of drug-likeness (QED) is 0.571. The van der Waals surface area contributed by atoms with Crippen LogP contribution in [0.25, 0.3) is 0 Å². The summed E-state index contributed by atoms with van der Waals surface area (Å²) in [5.41, 5.74) is 0. The highest BCUT2D eigenvalue weighted by Gasteiger charge is 2.19. The number of nitro groups is 1. The van der Waals surface area contributed by atoms with Gasteiger partial charge in [-0.3, -0.25) is 4.57 Å². The van der Waals surface area contributed by atoms with Crippen LogP contribution in [0.5, 0.6) is 0 Å². The van der Waals surface area contributed by atoms with E-state index in [0.29, 0.717) is 12.4 Å². The molecule has 0 bridgehead atoms. The number of hydrogen-bond donors (Lipinski definition) is 1. The minimum absolute atomic E-state index is 0.118. The van der Waals surface area contributed by atoms with Crippen LogP contribution in [-0.4, -0.2) is 45.6 Å². The lowest BCUT2D eigenvalue weighted by molar-refractivity contribution is -0.388. The number of nitrogens with one attached hydrogen (secondary N) is 1. The Bertz CT molecular complexity index is 373. The van der Waals surface area contributed by atoms with Crippen LogP contribution in [0.15, 0.2) is 6.33 Å². The molecule has 7 heteroatoms. The third-order valence-corrected chi connectivity index (χ3v) is 2.71. The van der Waals surface area contributed by atoms with Crippen LogP contribution in [-0.2, 0) is 7.05 Å². The van der Waals surface area contributed by atoms with E-state index in [-0.39, 0.29) is 5.82 Å². The largest absolute Gasteiger partial charge is 0.406 e. The van der Waals surface area contributed by atoms with Crippen LogP contribution >= 0.6 is 0 Å². The summed E-state index contributed by atoms with van der Waals surface area (Å²) in [7, 11) is 1.74. The molecule has 1 rings (SSSR count). The molecule has 0 spiro atoms. The minimum Gasteiger partial charge on any atom is -0.363 e. The summed E-state index contributed by atoms with van der Waals surface area (Å²) < 4.78 is 1.63. The molecule has 0 saturated carbocycles. The summed E-state index contributed by atoms with van der Waals surface area (Å²) in [6.07, 6.45) is 1.44. The molecular formula is C10H19N5O2. The number of imidazole rings is 1. The van der Waals surface area contributed by atoms with Crippen molar-refractivity contribution in [3.05, 3.63) is 16.4 Å². The second-order valence-electron chi connectivity index (χ2n) is 3.74. The Hall–Kier alpha value is -1.63. The molecule has 0 aliphatic heterocycles. The molecule has 1 aromatic rings. The average molecular weight is 241 g/mol. The van der Waals surface area contributed by atoms with Crippen LogP contribution in [0.1, 0.15) is 13.8 Å². The zero-order chi connectivity index (χ0) is 12.8. The van der Waals surface area contributed by atoms with E-state index in [0.717, 1.165) is 19.6 Å². The monoisotopic (exact) mass is 241 g/mol. The molecule has 0 aliphatic carbocycles. The van der Waals surface area contributed by atoms with Crippen molar-refractivity contribution in [1.29, 1.82) is 0 Å². The van der Waals surface area contributed by atoms with E-state index in [9.17, 15) is 10.1 Å². The van der Waals surface area contributed by atoms with E-state index in [4.69, 9.17) is 0 Å². The van der Waals surface area contributed by atoms with Gasteiger partial charge >= 0.3 is 5.82 Å². The number of aromatic nitrogens is 2. The number of anilines is 1. The van der Waals surface area contributed by atoms with Gasteiger partial charge in [-0.2, -0.15) is 0 Å². The zero-order valence-electron chi connectivity index (χ0n) is 10.5. The Morgan fingerprint density at radius 3 is 2.71 bits per heavy atom. The fourth-order valence-corrected chi connectivity index (χ4v) is 1.63. The fourth-order valence-electron chi connectivity index (χ4n) is 1.63. The Kier molecular flexibility index (Phi) is 4.89. The summed E-state index contributed by atoms with van der Waals surface area (Å²) in [5.74, 6) is 0.342. The highest BCUT2D eigenvalue weighted by molar-refractivity contribution is 5.51. The van der Waals surface area contributed by atoms with Gasteiger partial charge in [0.05, 0.1) is 0 Å². The first-order valence-electron chi connectivity index (χ1n) is 5.72. The molecule has 0 radical (unpaired) electrons. The van der Waals surface area contributed by atoms with Crippen molar-refractivity contribution in [1.82, 2.24) is 14.5 Å². The number of rotatable bonds is 7. The summed E-state index contributed by atoms with van der Waals surface area (Å²) in [5, 5.41) is 13.8. The summed E-state index contributed by atoms with van der Waals surface area (Å²) in [6.45, 7) is 7.67. The van der Waals surface area contributed by atoms with Gasteiger partial charge in [-0.25, -0.2) is 0 Å². The number of likely N-dealkylation sites (N-methyl/N-ethyl adjacent to an activating group) is 1. The predicted molar refractivity (Wildman–Crippen MR) is 66.1 cm³/mol. The molecule has 0 fully saturated rings. The van der Waals surface area contributed by atoms with Crippen molar-refractivity contribution in [3.63, 3.8) is 0 Å². The zero-order valence-corrected chi connectivity index (χ0v) is 10.5. The second-order valence-corrected chi connectivity index (χ2v) is 3.74. The minimum atomic E-state index is -0.472. The van der Waals surface area contributed by atoms with Crippen molar-refractivity contribution in [3.8, 4) is 0 Å². The molecule has 1 N–H and O–H groups in total. The van der Waals surface area contributed by atoms with Crippen LogP contribution in [0.2, 0.25) is 0 Å². The number of aryl methyl sites for hydroxylation is 1. The normalized spacial score (nSPS) is 10.8. The Morgan fingerprint density at radius 1 is 1.53 bits per heavy atom. The van der Waals surface area contributed by atoms with Gasteiger partial charge in [0.25, 0.3) is 0 Å². The van der Waals surface area contributed by atoms with E-state index < -0.39 is 4.92 Å². The molecule has 0 aliphatic rings. The van der Waals surface area contributed by atoms with E-state index in [1.807, 2.05) is 0 Å². The highest BCUT2D eigenvalue weighted by atomic mass is 16.6. The predicted octanol–water partition coefficient (Wildman–Crippen LogP) is 1.08. The van der Waals surface area contributed by atoms with Gasteiger partial charge in [0.15, 0.2) is 0 Å². The molecule has 1 heterocycles. The van der Waals surface area contributed by atoms with Gasteiger partial charge in [-0.15, -0.1) is 0 Å². The van der Waals surface area contributed by atoms with E-state index in [2.05, 4.69) is 29.0 Å². The Morgan fingerprint density at radius 2 is 2.18 bits per heavy atom. The van der Waals surface area contributed by atoms with Crippen LogP contribution in [0.4, 0.5) is 11.6 Å².